The minimum Gasteiger partial charge on any atom is -0.495 e. The van der Waals surface area contributed by atoms with Gasteiger partial charge in [-0.2, -0.15) is 13.2 Å². The van der Waals surface area contributed by atoms with Gasteiger partial charge in [-0.15, -0.1) is 0 Å². The molecule has 0 aromatic heterocycles. The average Bonchev–Trinajstić information content (AvgIpc) is 2.18. The Morgan fingerprint density at radius 2 is 1.81 bits per heavy atom. The number of methoxy groups -OCH3 is 1. The summed E-state index contributed by atoms with van der Waals surface area (Å²) >= 11 is 14.0. The summed E-state index contributed by atoms with van der Waals surface area (Å²) in [5.74, 6) is 0.234. The minimum atomic E-state index is -4.43. The molecule has 90 valence electrons. The summed E-state index contributed by atoms with van der Waals surface area (Å²) in [7, 11) is 1.35. The molecule has 1 aromatic rings. The molecular formula is C9H6BrCl2F3O. The first-order chi connectivity index (χ1) is 7.27. The standard InChI is InChI=1S/C9H6BrCl2F3O/c1-16-7-3-5(11)4(2-6(7)12)8(10)9(13,14)15/h2-3,8H,1H3. The smallest absolute Gasteiger partial charge is 0.405 e. The zero-order chi connectivity index (χ0) is 12.5. The van der Waals surface area contributed by atoms with E-state index >= 15 is 0 Å². The molecule has 7 heteroatoms. The predicted octanol–water partition coefficient (Wildman–Crippen LogP) is 5.00. The van der Waals surface area contributed by atoms with Gasteiger partial charge in [0.2, 0.25) is 0 Å². The van der Waals surface area contributed by atoms with Crippen molar-refractivity contribution < 1.29 is 17.9 Å². The van der Waals surface area contributed by atoms with Crippen LogP contribution in [0.4, 0.5) is 13.2 Å². The lowest BCUT2D eigenvalue weighted by Crippen LogP contribution is -2.15. The molecule has 0 N–H and O–H groups in total. The van der Waals surface area contributed by atoms with Crippen LogP contribution in [0.5, 0.6) is 5.75 Å². The highest BCUT2D eigenvalue weighted by Gasteiger charge is 2.40. The maximum Gasteiger partial charge on any atom is 0.405 e. The molecule has 1 nitrogen and oxygen atoms in total. The van der Waals surface area contributed by atoms with Crippen LogP contribution in [0.1, 0.15) is 10.4 Å². The molecule has 0 spiro atoms. The predicted molar refractivity (Wildman–Crippen MR) is 60.7 cm³/mol. The van der Waals surface area contributed by atoms with Crippen LogP contribution in [0.2, 0.25) is 10.0 Å². The SMILES string of the molecule is COc1cc(Cl)c(C(Br)C(F)(F)F)cc1Cl. The van der Waals surface area contributed by atoms with Gasteiger partial charge in [-0.05, 0) is 11.6 Å². The van der Waals surface area contributed by atoms with Gasteiger partial charge in [-0.25, -0.2) is 0 Å². The largest absolute Gasteiger partial charge is 0.495 e. The first kappa shape index (κ1) is 13.9. The second kappa shape index (κ2) is 5.02. The molecule has 1 rings (SSSR count). The molecule has 0 saturated carbocycles. The summed E-state index contributed by atoms with van der Waals surface area (Å²) in [6, 6.07) is 2.38. The van der Waals surface area contributed by atoms with Crippen molar-refractivity contribution in [3.05, 3.63) is 27.7 Å². The molecule has 0 saturated heterocycles. The number of hydrogen-bond acceptors (Lipinski definition) is 1. The second-order valence-electron chi connectivity index (χ2n) is 2.91. The number of rotatable bonds is 2. The van der Waals surface area contributed by atoms with Crippen LogP contribution in [0.25, 0.3) is 0 Å². The van der Waals surface area contributed by atoms with Crippen molar-refractivity contribution in [2.75, 3.05) is 7.11 Å². The van der Waals surface area contributed by atoms with Crippen molar-refractivity contribution >= 4 is 39.1 Å². The number of benzene rings is 1. The summed E-state index contributed by atoms with van der Waals surface area (Å²) < 4.78 is 42.2. The lowest BCUT2D eigenvalue weighted by atomic mass is 10.1. The topological polar surface area (TPSA) is 9.23 Å². The Morgan fingerprint density at radius 1 is 1.25 bits per heavy atom. The lowest BCUT2D eigenvalue weighted by molar-refractivity contribution is -0.128. The van der Waals surface area contributed by atoms with Crippen molar-refractivity contribution in [1.29, 1.82) is 0 Å². The zero-order valence-electron chi connectivity index (χ0n) is 7.91. The molecule has 0 aliphatic rings. The average molecular weight is 338 g/mol. The van der Waals surface area contributed by atoms with Crippen LogP contribution >= 0.6 is 39.1 Å². The summed E-state index contributed by atoms with van der Waals surface area (Å²) in [6.45, 7) is 0. The highest BCUT2D eigenvalue weighted by Crippen LogP contribution is 2.44. The number of hydrogen-bond donors (Lipinski definition) is 0. The number of ether oxygens (including phenoxy) is 1. The van der Waals surface area contributed by atoms with Crippen molar-refractivity contribution in [3.63, 3.8) is 0 Å². The molecule has 1 aromatic carbocycles. The van der Waals surface area contributed by atoms with E-state index in [0.29, 0.717) is 0 Å². The van der Waals surface area contributed by atoms with E-state index in [1.807, 2.05) is 0 Å². The van der Waals surface area contributed by atoms with E-state index in [9.17, 15) is 13.2 Å². The van der Waals surface area contributed by atoms with Crippen molar-refractivity contribution in [1.82, 2.24) is 0 Å². The van der Waals surface area contributed by atoms with Gasteiger partial charge >= 0.3 is 6.18 Å². The third-order valence-electron chi connectivity index (χ3n) is 1.83. The van der Waals surface area contributed by atoms with E-state index < -0.39 is 11.0 Å². The maximum absolute atomic E-state index is 12.4. The van der Waals surface area contributed by atoms with Crippen LogP contribution in [-0.4, -0.2) is 13.3 Å². The van der Waals surface area contributed by atoms with Gasteiger partial charge in [0.1, 0.15) is 10.6 Å². The Labute approximate surface area is 109 Å². The highest BCUT2D eigenvalue weighted by atomic mass is 79.9. The molecule has 0 bridgehead atoms. The molecular weight excluding hydrogens is 332 g/mol. The molecule has 0 fully saturated rings. The van der Waals surface area contributed by atoms with E-state index in [0.717, 1.165) is 6.07 Å². The van der Waals surface area contributed by atoms with E-state index in [-0.39, 0.29) is 21.4 Å². The van der Waals surface area contributed by atoms with E-state index in [2.05, 4.69) is 15.9 Å². The van der Waals surface area contributed by atoms with E-state index in [4.69, 9.17) is 27.9 Å². The Hall–Kier alpha value is -0.130. The minimum absolute atomic E-state index is 0.0551. The fraction of sp³-hybridized carbons (Fsp3) is 0.333. The van der Waals surface area contributed by atoms with Crippen LogP contribution in [0.3, 0.4) is 0 Å². The third-order valence-corrected chi connectivity index (χ3v) is 3.47. The Balaban J connectivity index is 3.21. The fourth-order valence-corrected chi connectivity index (χ4v) is 2.09. The normalized spacial score (nSPS) is 13.7. The second-order valence-corrected chi connectivity index (χ2v) is 4.64. The van der Waals surface area contributed by atoms with Crippen LogP contribution < -0.4 is 4.74 Å². The molecule has 0 radical (unpaired) electrons. The van der Waals surface area contributed by atoms with Gasteiger partial charge in [-0.1, -0.05) is 39.1 Å². The van der Waals surface area contributed by atoms with Gasteiger partial charge < -0.3 is 4.74 Å². The molecule has 1 atom stereocenters. The Morgan fingerprint density at radius 3 is 2.25 bits per heavy atom. The van der Waals surface area contributed by atoms with Gasteiger partial charge in [0.15, 0.2) is 0 Å². The van der Waals surface area contributed by atoms with E-state index in [1.54, 1.807) is 0 Å². The van der Waals surface area contributed by atoms with Crippen molar-refractivity contribution in [2.45, 2.75) is 11.0 Å². The van der Waals surface area contributed by atoms with Gasteiger partial charge in [0, 0.05) is 11.1 Å². The summed E-state index contributed by atoms with van der Waals surface area (Å²) in [5, 5.41) is 0.0241. The monoisotopic (exact) mass is 336 g/mol. The molecule has 0 amide bonds. The van der Waals surface area contributed by atoms with Crippen LogP contribution in [0, 0.1) is 0 Å². The van der Waals surface area contributed by atoms with E-state index in [1.165, 1.54) is 13.2 Å². The van der Waals surface area contributed by atoms with Gasteiger partial charge in [-0.3, -0.25) is 0 Å². The summed E-state index contributed by atoms with van der Waals surface area (Å²) in [5.41, 5.74) is -0.139. The van der Waals surface area contributed by atoms with Crippen LogP contribution in [-0.2, 0) is 0 Å². The first-order valence-corrected chi connectivity index (χ1v) is 5.68. The van der Waals surface area contributed by atoms with Gasteiger partial charge in [0.05, 0.1) is 12.1 Å². The summed E-state index contributed by atoms with van der Waals surface area (Å²) in [6.07, 6.45) is -4.43. The van der Waals surface area contributed by atoms with Gasteiger partial charge in [0.25, 0.3) is 0 Å². The lowest BCUT2D eigenvalue weighted by Gasteiger charge is -2.16. The number of halogens is 6. The van der Waals surface area contributed by atoms with Crippen molar-refractivity contribution in [3.8, 4) is 5.75 Å². The van der Waals surface area contributed by atoms with Crippen molar-refractivity contribution in [2.24, 2.45) is 0 Å². The fourth-order valence-electron chi connectivity index (χ4n) is 1.07. The highest BCUT2D eigenvalue weighted by molar-refractivity contribution is 9.09. The summed E-state index contributed by atoms with van der Waals surface area (Å²) in [4.78, 5) is -1.85. The maximum atomic E-state index is 12.4. The molecule has 16 heavy (non-hydrogen) atoms. The van der Waals surface area contributed by atoms with Crippen LogP contribution in [0.15, 0.2) is 12.1 Å². The molecule has 0 aliphatic heterocycles. The third kappa shape index (κ3) is 2.96. The molecule has 1 unspecified atom stereocenters. The molecule has 0 heterocycles. The number of alkyl halides is 4. The molecule has 0 aliphatic carbocycles. The first-order valence-electron chi connectivity index (χ1n) is 4.01. The quantitative estimate of drug-likeness (QED) is 0.690. The zero-order valence-corrected chi connectivity index (χ0v) is 11.0. The Kier molecular flexibility index (Phi) is 4.37. The Bertz CT molecular complexity index is 395.